The molecule has 0 bridgehead atoms. The van der Waals surface area contributed by atoms with Crippen LogP contribution in [0.25, 0.3) is 0 Å². The van der Waals surface area contributed by atoms with Gasteiger partial charge >= 0.3 is 5.97 Å². The van der Waals surface area contributed by atoms with Crippen molar-refractivity contribution in [3.63, 3.8) is 0 Å². The molecule has 0 saturated heterocycles. The zero-order chi connectivity index (χ0) is 14.7. The van der Waals surface area contributed by atoms with Crippen molar-refractivity contribution in [1.82, 2.24) is 9.97 Å². The lowest BCUT2D eigenvalue weighted by Gasteiger charge is -2.21. The topological polar surface area (TPSA) is 66.3 Å². The number of carboxylic acids is 1. The van der Waals surface area contributed by atoms with E-state index < -0.39 is 5.97 Å². The van der Waals surface area contributed by atoms with E-state index in [4.69, 9.17) is 0 Å². The molecule has 5 nitrogen and oxygen atoms in total. The van der Waals surface area contributed by atoms with Crippen LogP contribution in [0, 0.1) is 13.8 Å². The van der Waals surface area contributed by atoms with Gasteiger partial charge in [0.05, 0.1) is 0 Å². The van der Waals surface area contributed by atoms with E-state index in [2.05, 4.69) is 9.97 Å². The van der Waals surface area contributed by atoms with Crippen LogP contribution >= 0.6 is 0 Å². The lowest BCUT2D eigenvalue weighted by atomic mass is 10.1. The van der Waals surface area contributed by atoms with Crippen LogP contribution in [0.3, 0.4) is 0 Å². The van der Waals surface area contributed by atoms with Gasteiger partial charge in [0.15, 0.2) is 0 Å². The Labute approximate surface area is 117 Å². The molecule has 2 aromatic rings. The summed E-state index contributed by atoms with van der Waals surface area (Å²) in [5.41, 5.74) is 2.85. The first-order valence-corrected chi connectivity index (χ1v) is 6.30. The zero-order valence-corrected chi connectivity index (χ0v) is 11.8. The van der Waals surface area contributed by atoms with E-state index in [1.165, 1.54) is 0 Å². The Balaban J connectivity index is 2.38. The molecule has 0 aliphatic heterocycles. The summed E-state index contributed by atoms with van der Waals surface area (Å²) in [6, 6.07) is 5.59. The highest BCUT2D eigenvalue weighted by molar-refractivity contribution is 5.95. The van der Waals surface area contributed by atoms with Crippen LogP contribution in [0.2, 0.25) is 0 Å². The maximum atomic E-state index is 11.4. The molecular weight excluding hydrogens is 254 g/mol. The second-order valence-corrected chi connectivity index (χ2v) is 4.80. The quantitative estimate of drug-likeness (QED) is 0.925. The molecule has 0 spiro atoms. The molecule has 104 valence electrons. The molecule has 0 saturated carbocycles. The van der Waals surface area contributed by atoms with Gasteiger partial charge in [0.1, 0.15) is 11.4 Å². The number of aromatic carboxylic acids is 1. The summed E-state index contributed by atoms with van der Waals surface area (Å²) in [6.07, 6.45) is 3.44. The molecule has 1 N–H and O–H groups in total. The third-order valence-corrected chi connectivity index (χ3v) is 3.07. The van der Waals surface area contributed by atoms with Crippen LogP contribution in [0.4, 0.5) is 5.82 Å². The van der Waals surface area contributed by atoms with Gasteiger partial charge in [-0.3, -0.25) is 4.98 Å². The molecule has 5 heteroatoms. The molecule has 0 aromatic carbocycles. The predicted molar refractivity (Wildman–Crippen MR) is 77.0 cm³/mol. The van der Waals surface area contributed by atoms with Crippen LogP contribution in [0.1, 0.15) is 27.2 Å². The third kappa shape index (κ3) is 2.93. The van der Waals surface area contributed by atoms with E-state index in [0.717, 1.165) is 16.8 Å². The van der Waals surface area contributed by atoms with E-state index in [1.807, 2.05) is 31.0 Å². The van der Waals surface area contributed by atoms with Gasteiger partial charge in [-0.05, 0) is 43.2 Å². The van der Waals surface area contributed by atoms with Gasteiger partial charge < -0.3 is 10.0 Å². The summed E-state index contributed by atoms with van der Waals surface area (Å²) in [6.45, 7) is 4.24. The lowest BCUT2D eigenvalue weighted by Crippen LogP contribution is -2.22. The first-order valence-electron chi connectivity index (χ1n) is 6.30. The second kappa shape index (κ2) is 5.69. The summed E-state index contributed by atoms with van der Waals surface area (Å²) < 4.78 is 0. The van der Waals surface area contributed by atoms with Crippen molar-refractivity contribution in [2.45, 2.75) is 20.4 Å². The predicted octanol–water partition coefficient (Wildman–Crippen LogP) is 2.43. The number of nitrogens with zero attached hydrogens (tertiary/aromatic N) is 3. The number of hydrogen-bond acceptors (Lipinski definition) is 4. The summed E-state index contributed by atoms with van der Waals surface area (Å²) >= 11 is 0. The summed E-state index contributed by atoms with van der Waals surface area (Å²) in [4.78, 5) is 21.6. The van der Waals surface area contributed by atoms with Crippen molar-refractivity contribution < 1.29 is 9.90 Å². The van der Waals surface area contributed by atoms with E-state index >= 15 is 0 Å². The molecule has 0 amide bonds. The SMILES string of the molecule is Cc1cc(C)c(C(=O)O)c(N(C)Cc2ccncc2)n1. The summed E-state index contributed by atoms with van der Waals surface area (Å²) in [5, 5.41) is 9.38. The normalized spacial score (nSPS) is 10.3. The Morgan fingerprint density at radius 3 is 2.55 bits per heavy atom. The highest BCUT2D eigenvalue weighted by atomic mass is 16.4. The van der Waals surface area contributed by atoms with Crippen molar-refractivity contribution in [3.8, 4) is 0 Å². The number of carboxylic acid groups (broad SMARTS) is 1. The Morgan fingerprint density at radius 2 is 1.95 bits per heavy atom. The highest BCUT2D eigenvalue weighted by Crippen LogP contribution is 2.23. The monoisotopic (exact) mass is 271 g/mol. The van der Waals surface area contributed by atoms with Gasteiger partial charge in [0.2, 0.25) is 0 Å². The summed E-state index contributed by atoms with van der Waals surface area (Å²) in [7, 11) is 1.84. The number of aromatic nitrogens is 2. The maximum Gasteiger partial charge on any atom is 0.339 e. The Kier molecular flexibility index (Phi) is 3.98. The Morgan fingerprint density at radius 1 is 1.30 bits per heavy atom. The molecule has 2 aromatic heterocycles. The molecule has 0 atom stereocenters. The largest absolute Gasteiger partial charge is 0.478 e. The third-order valence-electron chi connectivity index (χ3n) is 3.07. The number of anilines is 1. The molecular formula is C15H17N3O2. The van der Waals surface area contributed by atoms with Crippen LogP contribution in [-0.4, -0.2) is 28.1 Å². The van der Waals surface area contributed by atoms with E-state index in [9.17, 15) is 9.90 Å². The minimum atomic E-state index is -0.952. The Hall–Kier alpha value is -2.43. The number of pyridine rings is 2. The van der Waals surface area contributed by atoms with Crippen molar-refractivity contribution in [1.29, 1.82) is 0 Å². The van der Waals surface area contributed by atoms with Gasteiger partial charge in [-0.2, -0.15) is 0 Å². The highest BCUT2D eigenvalue weighted by Gasteiger charge is 2.18. The van der Waals surface area contributed by atoms with Crippen LogP contribution in [-0.2, 0) is 6.54 Å². The van der Waals surface area contributed by atoms with E-state index in [0.29, 0.717) is 12.4 Å². The van der Waals surface area contributed by atoms with Crippen molar-refractivity contribution in [2.75, 3.05) is 11.9 Å². The fraction of sp³-hybridized carbons (Fsp3) is 0.267. The van der Waals surface area contributed by atoms with E-state index in [-0.39, 0.29) is 5.56 Å². The fourth-order valence-electron chi connectivity index (χ4n) is 2.19. The van der Waals surface area contributed by atoms with E-state index in [1.54, 1.807) is 25.4 Å². The standard InChI is InChI=1S/C15H17N3O2/c1-10-8-11(2)17-14(13(10)15(19)20)18(3)9-12-4-6-16-7-5-12/h4-8H,9H2,1-3H3,(H,19,20). The number of rotatable bonds is 4. The number of aryl methyl sites for hydroxylation is 2. The van der Waals surface area contributed by atoms with Crippen molar-refractivity contribution >= 4 is 11.8 Å². The van der Waals surface area contributed by atoms with Crippen LogP contribution < -0.4 is 4.90 Å². The molecule has 0 aliphatic carbocycles. The molecule has 0 radical (unpaired) electrons. The van der Waals surface area contributed by atoms with Gasteiger partial charge in [0, 0.05) is 31.7 Å². The van der Waals surface area contributed by atoms with Crippen LogP contribution in [0.5, 0.6) is 0 Å². The molecule has 2 rings (SSSR count). The van der Waals surface area contributed by atoms with Crippen molar-refractivity contribution in [3.05, 3.63) is 53.0 Å². The molecule has 0 aliphatic rings. The smallest absolute Gasteiger partial charge is 0.339 e. The van der Waals surface area contributed by atoms with Gasteiger partial charge in [-0.15, -0.1) is 0 Å². The van der Waals surface area contributed by atoms with Crippen molar-refractivity contribution in [2.24, 2.45) is 0 Å². The van der Waals surface area contributed by atoms with Gasteiger partial charge in [-0.25, -0.2) is 9.78 Å². The first kappa shape index (κ1) is 14.0. The first-order chi connectivity index (χ1) is 9.49. The number of hydrogen-bond donors (Lipinski definition) is 1. The minimum Gasteiger partial charge on any atom is -0.478 e. The maximum absolute atomic E-state index is 11.4. The average Bonchev–Trinajstić information content (AvgIpc) is 2.38. The molecule has 0 fully saturated rings. The molecule has 20 heavy (non-hydrogen) atoms. The zero-order valence-electron chi connectivity index (χ0n) is 11.8. The average molecular weight is 271 g/mol. The summed E-state index contributed by atoms with van der Waals surface area (Å²) in [5.74, 6) is -0.460. The lowest BCUT2D eigenvalue weighted by molar-refractivity contribution is 0.0696. The molecule has 2 heterocycles. The Bertz CT molecular complexity index is 627. The van der Waals surface area contributed by atoms with Gasteiger partial charge in [-0.1, -0.05) is 0 Å². The second-order valence-electron chi connectivity index (χ2n) is 4.80. The number of carbonyl (C=O) groups is 1. The van der Waals surface area contributed by atoms with Crippen LogP contribution in [0.15, 0.2) is 30.6 Å². The minimum absolute atomic E-state index is 0.257. The fourth-order valence-corrected chi connectivity index (χ4v) is 2.19. The van der Waals surface area contributed by atoms with Gasteiger partial charge in [0.25, 0.3) is 0 Å². The molecule has 0 unspecified atom stereocenters.